The van der Waals surface area contributed by atoms with E-state index < -0.39 is 0 Å². The van der Waals surface area contributed by atoms with Crippen LogP contribution in [0.25, 0.3) is 0 Å². The minimum absolute atomic E-state index is 0.336. The van der Waals surface area contributed by atoms with Gasteiger partial charge in [0.05, 0.1) is 0 Å². The van der Waals surface area contributed by atoms with E-state index in [-0.39, 0.29) is 0 Å². The highest BCUT2D eigenvalue weighted by molar-refractivity contribution is 6.30. The average Bonchev–Trinajstić information content (AvgIpc) is 2.42. The Bertz CT molecular complexity index is 569. The molecule has 0 aliphatic heterocycles. The van der Waals surface area contributed by atoms with Crippen LogP contribution in [0.1, 0.15) is 29.7 Å². The summed E-state index contributed by atoms with van der Waals surface area (Å²) in [6.07, 6.45) is 0. The molecule has 0 aliphatic carbocycles. The third-order valence-electron chi connectivity index (χ3n) is 3.46. The van der Waals surface area contributed by atoms with Crippen LogP contribution in [0.15, 0.2) is 36.4 Å². The third-order valence-corrected chi connectivity index (χ3v) is 3.68. The van der Waals surface area contributed by atoms with Crippen LogP contribution < -0.4 is 10.1 Å². The van der Waals surface area contributed by atoms with Crippen molar-refractivity contribution in [2.75, 3.05) is 7.05 Å². The van der Waals surface area contributed by atoms with E-state index in [9.17, 15) is 0 Å². The maximum absolute atomic E-state index is 6.03. The largest absolute Gasteiger partial charge is 0.457 e. The Hall–Kier alpha value is -1.51. The summed E-state index contributed by atoms with van der Waals surface area (Å²) in [5, 5.41) is 3.96. The van der Waals surface area contributed by atoms with E-state index in [0.717, 1.165) is 27.6 Å². The molecule has 0 amide bonds. The fraction of sp³-hybridized carbons (Fsp3) is 0.294. The number of rotatable bonds is 4. The normalized spacial score (nSPS) is 12.2. The molecular formula is C17H20ClNO. The van der Waals surface area contributed by atoms with Crippen LogP contribution in [-0.2, 0) is 0 Å². The fourth-order valence-electron chi connectivity index (χ4n) is 2.17. The highest BCUT2D eigenvalue weighted by Crippen LogP contribution is 2.31. The first kappa shape index (κ1) is 14.9. The summed E-state index contributed by atoms with van der Waals surface area (Å²) < 4.78 is 5.98. The Morgan fingerprint density at radius 1 is 1.05 bits per heavy atom. The minimum Gasteiger partial charge on any atom is -0.457 e. The first-order valence-electron chi connectivity index (χ1n) is 6.73. The predicted octanol–water partition coefficient (Wildman–Crippen LogP) is 5.03. The first-order chi connectivity index (χ1) is 9.51. The van der Waals surface area contributed by atoms with E-state index >= 15 is 0 Å². The predicted molar refractivity (Wildman–Crippen MR) is 84.9 cm³/mol. The smallest absolute Gasteiger partial charge is 0.133 e. The number of benzene rings is 2. The van der Waals surface area contributed by atoms with Gasteiger partial charge in [0.2, 0.25) is 0 Å². The van der Waals surface area contributed by atoms with Gasteiger partial charge in [0.25, 0.3) is 0 Å². The lowest BCUT2D eigenvalue weighted by Crippen LogP contribution is -2.11. The lowest BCUT2D eigenvalue weighted by atomic mass is 10.1. The first-order valence-corrected chi connectivity index (χ1v) is 7.11. The molecular weight excluding hydrogens is 270 g/mol. The zero-order valence-electron chi connectivity index (χ0n) is 12.3. The molecule has 1 atom stereocenters. The number of halogens is 1. The molecule has 0 saturated heterocycles. The van der Waals surface area contributed by atoms with Gasteiger partial charge in [0.1, 0.15) is 11.5 Å². The Labute approximate surface area is 125 Å². The van der Waals surface area contributed by atoms with Gasteiger partial charge in [-0.2, -0.15) is 0 Å². The lowest BCUT2D eigenvalue weighted by molar-refractivity contribution is 0.474. The van der Waals surface area contributed by atoms with Gasteiger partial charge >= 0.3 is 0 Å². The Kier molecular flexibility index (Phi) is 4.69. The van der Waals surface area contributed by atoms with Crippen molar-refractivity contribution in [2.24, 2.45) is 0 Å². The third kappa shape index (κ3) is 3.33. The number of ether oxygens (including phenoxy) is 1. The summed E-state index contributed by atoms with van der Waals surface area (Å²) in [7, 11) is 1.95. The van der Waals surface area contributed by atoms with Crippen LogP contribution in [0.4, 0.5) is 0 Å². The summed E-state index contributed by atoms with van der Waals surface area (Å²) in [5.74, 6) is 1.72. The molecule has 3 heteroatoms. The van der Waals surface area contributed by atoms with Gasteiger partial charge in [-0.1, -0.05) is 23.7 Å². The molecule has 106 valence electrons. The van der Waals surface area contributed by atoms with E-state index in [1.54, 1.807) is 0 Å². The van der Waals surface area contributed by atoms with Crippen LogP contribution in [0.5, 0.6) is 11.5 Å². The van der Waals surface area contributed by atoms with E-state index in [0.29, 0.717) is 6.04 Å². The summed E-state index contributed by atoms with van der Waals surface area (Å²) in [5.41, 5.74) is 3.33. The van der Waals surface area contributed by atoms with Gasteiger partial charge in [0, 0.05) is 11.1 Å². The molecule has 0 aromatic heterocycles. The molecule has 1 unspecified atom stereocenters. The van der Waals surface area contributed by atoms with E-state index in [2.05, 4.69) is 24.4 Å². The van der Waals surface area contributed by atoms with Crippen molar-refractivity contribution in [3.05, 3.63) is 58.1 Å². The number of nitrogens with one attached hydrogen (secondary N) is 1. The van der Waals surface area contributed by atoms with Gasteiger partial charge < -0.3 is 10.1 Å². The highest BCUT2D eigenvalue weighted by atomic mass is 35.5. The summed E-state index contributed by atoms with van der Waals surface area (Å²) >= 11 is 6.03. The molecule has 0 aliphatic rings. The van der Waals surface area contributed by atoms with Gasteiger partial charge in [-0.25, -0.2) is 0 Å². The summed E-state index contributed by atoms with van der Waals surface area (Å²) in [4.78, 5) is 0. The lowest BCUT2D eigenvalue weighted by Gasteiger charge is -2.14. The molecule has 0 bridgehead atoms. The van der Waals surface area contributed by atoms with Crippen molar-refractivity contribution in [3.63, 3.8) is 0 Å². The van der Waals surface area contributed by atoms with E-state index in [1.165, 1.54) is 5.56 Å². The quantitative estimate of drug-likeness (QED) is 0.852. The van der Waals surface area contributed by atoms with E-state index in [4.69, 9.17) is 16.3 Å². The zero-order chi connectivity index (χ0) is 14.7. The van der Waals surface area contributed by atoms with Crippen molar-refractivity contribution in [1.29, 1.82) is 0 Å². The molecule has 2 aromatic rings. The van der Waals surface area contributed by atoms with Crippen molar-refractivity contribution < 1.29 is 4.74 Å². The summed E-state index contributed by atoms with van der Waals surface area (Å²) in [6.45, 7) is 6.14. The minimum atomic E-state index is 0.336. The van der Waals surface area contributed by atoms with Crippen LogP contribution in [-0.4, -0.2) is 7.05 Å². The van der Waals surface area contributed by atoms with Gasteiger partial charge in [-0.05, 0) is 68.8 Å². The molecule has 1 N–H and O–H groups in total. The Morgan fingerprint density at radius 2 is 1.60 bits per heavy atom. The van der Waals surface area contributed by atoms with Crippen molar-refractivity contribution >= 4 is 11.6 Å². The van der Waals surface area contributed by atoms with Gasteiger partial charge in [0.15, 0.2) is 0 Å². The van der Waals surface area contributed by atoms with E-state index in [1.807, 2.05) is 45.2 Å². The van der Waals surface area contributed by atoms with Crippen molar-refractivity contribution in [1.82, 2.24) is 5.32 Å². The molecule has 0 radical (unpaired) electrons. The molecule has 0 spiro atoms. The highest BCUT2D eigenvalue weighted by Gasteiger charge is 2.08. The topological polar surface area (TPSA) is 21.3 Å². The van der Waals surface area contributed by atoms with Crippen molar-refractivity contribution in [2.45, 2.75) is 26.8 Å². The second-order valence-corrected chi connectivity index (χ2v) is 5.49. The molecule has 0 heterocycles. The Morgan fingerprint density at radius 3 is 2.10 bits per heavy atom. The molecule has 2 nitrogen and oxygen atoms in total. The average molecular weight is 290 g/mol. The maximum Gasteiger partial charge on any atom is 0.133 e. The zero-order valence-corrected chi connectivity index (χ0v) is 13.1. The number of hydrogen-bond acceptors (Lipinski definition) is 2. The van der Waals surface area contributed by atoms with Crippen LogP contribution >= 0.6 is 11.6 Å². The Balaban J connectivity index is 2.23. The molecule has 2 rings (SSSR count). The van der Waals surface area contributed by atoms with Crippen molar-refractivity contribution in [3.8, 4) is 11.5 Å². The number of hydrogen-bond donors (Lipinski definition) is 1. The van der Waals surface area contributed by atoms with Crippen LogP contribution in [0, 0.1) is 13.8 Å². The molecule has 0 fully saturated rings. The molecule has 20 heavy (non-hydrogen) atoms. The van der Waals surface area contributed by atoms with Gasteiger partial charge in [-0.15, -0.1) is 0 Å². The standard InChI is InChI=1S/C17H20ClNO/c1-11-9-15(18)10-12(2)17(11)20-16-7-5-14(6-8-16)13(3)19-4/h5-10,13,19H,1-4H3. The summed E-state index contributed by atoms with van der Waals surface area (Å²) in [6, 6.07) is 12.3. The molecule has 0 saturated carbocycles. The molecule has 2 aromatic carbocycles. The number of aryl methyl sites for hydroxylation is 2. The maximum atomic E-state index is 6.03. The SMILES string of the molecule is CNC(C)c1ccc(Oc2c(C)cc(Cl)cc2C)cc1. The van der Waals surface area contributed by atoms with Gasteiger partial charge in [-0.3, -0.25) is 0 Å². The monoisotopic (exact) mass is 289 g/mol. The second kappa shape index (κ2) is 6.29. The van der Waals surface area contributed by atoms with Crippen LogP contribution in [0.2, 0.25) is 5.02 Å². The second-order valence-electron chi connectivity index (χ2n) is 5.05. The van der Waals surface area contributed by atoms with Crippen LogP contribution in [0.3, 0.4) is 0 Å². The fourth-order valence-corrected chi connectivity index (χ4v) is 2.49.